The number of aromatic nitrogens is 7. The lowest BCUT2D eigenvalue weighted by Crippen LogP contribution is -2.44. The van der Waals surface area contributed by atoms with Crippen molar-refractivity contribution in [2.75, 3.05) is 24.7 Å². The molecule has 10 heteroatoms. The Balaban J connectivity index is 1.80. The van der Waals surface area contributed by atoms with E-state index in [-0.39, 0.29) is 6.04 Å². The van der Waals surface area contributed by atoms with Crippen molar-refractivity contribution in [3.63, 3.8) is 0 Å². The fraction of sp³-hybridized carbons (Fsp3) is 0.333. The van der Waals surface area contributed by atoms with Gasteiger partial charge < -0.3 is 9.64 Å². The van der Waals surface area contributed by atoms with E-state index in [1.807, 2.05) is 23.9 Å². The highest BCUT2D eigenvalue weighted by molar-refractivity contribution is 6.33. The first-order valence-corrected chi connectivity index (χ1v) is 9.43. The molecule has 4 aromatic rings. The zero-order valence-corrected chi connectivity index (χ0v) is 16.3. The third-order valence-corrected chi connectivity index (χ3v) is 5.31. The number of nitrogens with zero attached hydrogens (tertiary/aromatic N) is 7. The van der Waals surface area contributed by atoms with Crippen molar-refractivity contribution < 1.29 is 4.74 Å². The van der Waals surface area contributed by atoms with E-state index in [2.05, 4.69) is 38.2 Å². The molecule has 4 aromatic heterocycles. The lowest BCUT2D eigenvalue weighted by atomic mass is 10.1. The van der Waals surface area contributed by atoms with E-state index in [4.69, 9.17) is 21.4 Å². The SMILES string of the molecule is C[C@@H]1COCCN1c1cc(-c2ccnn2C)c2c(Cl)nc(-c3ccn[nH]3)n2n1. The third kappa shape index (κ3) is 2.66. The summed E-state index contributed by atoms with van der Waals surface area (Å²) in [6.07, 6.45) is 3.45. The molecule has 5 heterocycles. The number of imidazole rings is 1. The number of H-pyrrole nitrogens is 1. The number of hydrogen-bond donors (Lipinski definition) is 1. The number of halogens is 1. The zero-order chi connectivity index (χ0) is 19.3. The molecule has 1 fully saturated rings. The number of fused-ring (bicyclic) bond motifs is 1. The second-order valence-corrected chi connectivity index (χ2v) is 7.19. The van der Waals surface area contributed by atoms with Gasteiger partial charge in [0.25, 0.3) is 0 Å². The lowest BCUT2D eigenvalue weighted by Gasteiger charge is -2.34. The van der Waals surface area contributed by atoms with Gasteiger partial charge in [0.15, 0.2) is 16.8 Å². The van der Waals surface area contributed by atoms with Crippen LogP contribution in [0.5, 0.6) is 0 Å². The van der Waals surface area contributed by atoms with E-state index in [0.717, 1.165) is 34.8 Å². The highest BCUT2D eigenvalue weighted by atomic mass is 35.5. The van der Waals surface area contributed by atoms with Crippen molar-refractivity contribution in [3.05, 3.63) is 35.7 Å². The standard InChI is InChI=1S/C18H19ClN8O/c1-11-10-28-8-7-26(11)15-9-12(14-4-6-21-25(14)2)16-17(19)22-18(27(16)24-15)13-3-5-20-23-13/h3-6,9,11H,7-8,10H2,1-2H3,(H,20,23)/t11-/m1/s1. The average molecular weight is 399 g/mol. The molecule has 0 saturated carbocycles. The molecule has 0 aliphatic carbocycles. The number of rotatable bonds is 3. The van der Waals surface area contributed by atoms with Gasteiger partial charge in [0.2, 0.25) is 0 Å². The van der Waals surface area contributed by atoms with Crippen LogP contribution < -0.4 is 4.90 Å². The molecule has 1 N–H and O–H groups in total. The summed E-state index contributed by atoms with van der Waals surface area (Å²) in [5.74, 6) is 1.46. The van der Waals surface area contributed by atoms with Gasteiger partial charge in [-0.2, -0.15) is 10.2 Å². The molecule has 144 valence electrons. The van der Waals surface area contributed by atoms with Gasteiger partial charge in [-0.1, -0.05) is 11.6 Å². The van der Waals surface area contributed by atoms with Crippen LogP contribution in [0.3, 0.4) is 0 Å². The molecule has 5 rings (SSSR count). The number of anilines is 1. The Morgan fingerprint density at radius 1 is 1.29 bits per heavy atom. The Labute approximate surface area is 165 Å². The zero-order valence-electron chi connectivity index (χ0n) is 15.5. The van der Waals surface area contributed by atoms with E-state index < -0.39 is 0 Å². The summed E-state index contributed by atoms with van der Waals surface area (Å²) in [6.45, 7) is 4.24. The molecule has 0 unspecified atom stereocenters. The van der Waals surface area contributed by atoms with Crippen LogP contribution in [0.15, 0.2) is 30.6 Å². The number of nitrogens with one attached hydrogen (secondary N) is 1. The minimum absolute atomic E-state index is 0.215. The van der Waals surface area contributed by atoms with Crippen LogP contribution in [0.25, 0.3) is 28.3 Å². The van der Waals surface area contributed by atoms with Gasteiger partial charge in [0.1, 0.15) is 11.2 Å². The van der Waals surface area contributed by atoms with E-state index in [9.17, 15) is 0 Å². The average Bonchev–Trinajstić information content (AvgIpc) is 3.42. The maximum Gasteiger partial charge on any atom is 0.181 e. The molecule has 1 aliphatic rings. The molecule has 0 bridgehead atoms. The van der Waals surface area contributed by atoms with Crippen LogP contribution in [0, 0.1) is 0 Å². The monoisotopic (exact) mass is 398 g/mol. The van der Waals surface area contributed by atoms with Crippen LogP contribution in [0.4, 0.5) is 5.82 Å². The summed E-state index contributed by atoms with van der Waals surface area (Å²) in [6, 6.07) is 6.08. The molecule has 0 amide bonds. The van der Waals surface area contributed by atoms with E-state index in [0.29, 0.717) is 24.2 Å². The summed E-state index contributed by atoms with van der Waals surface area (Å²) < 4.78 is 9.20. The largest absolute Gasteiger partial charge is 0.377 e. The minimum Gasteiger partial charge on any atom is -0.377 e. The maximum absolute atomic E-state index is 6.57. The van der Waals surface area contributed by atoms with E-state index in [1.54, 1.807) is 16.9 Å². The van der Waals surface area contributed by atoms with Gasteiger partial charge in [-0.3, -0.25) is 9.78 Å². The van der Waals surface area contributed by atoms with E-state index >= 15 is 0 Å². The van der Waals surface area contributed by atoms with Gasteiger partial charge in [-0.05, 0) is 25.1 Å². The van der Waals surface area contributed by atoms with E-state index in [1.165, 1.54) is 0 Å². The maximum atomic E-state index is 6.57. The van der Waals surface area contributed by atoms with Crippen LogP contribution >= 0.6 is 11.6 Å². The molecule has 1 saturated heterocycles. The van der Waals surface area contributed by atoms with Gasteiger partial charge in [-0.25, -0.2) is 9.50 Å². The number of aryl methyl sites for hydroxylation is 1. The molecular formula is C18H19ClN8O. The van der Waals surface area contributed by atoms with Crippen molar-refractivity contribution in [2.45, 2.75) is 13.0 Å². The molecule has 1 atom stereocenters. The quantitative estimate of drug-likeness (QED) is 0.570. The topological polar surface area (TPSA) is 89.2 Å². The van der Waals surface area contributed by atoms with Crippen molar-refractivity contribution in [2.24, 2.45) is 7.05 Å². The van der Waals surface area contributed by atoms with Crippen molar-refractivity contribution in [3.8, 4) is 22.8 Å². The smallest absolute Gasteiger partial charge is 0.181 e. The number of aromatic amines is 1. The number of morpholine rings is 1. The molecule has 0 spiro atoms. The first-order valence-electron chi connectivity index (χ1n) is 9.05. The first kappa shape index (κ1) is 17.2. The first-order chi connectivity index (χ1) is 13.6. The normalized spacial score (nSPS) is 17.5. The van der Waals surface area contributed by atoms with Gasteiger partial charge >= 0.3 is 0 Å². The number of ether oxygens (including phenoxy) is 1. The summed E-state index contributed by atoms with van der Waals surface area (Å²) in [7, 11) is 1.91. The van der Waals surface area contributed by atoms with Crippen molar-refractivity contribution in [1.29, 1.82) is 0 Å². The highest BCUT2D eigenvalue weighted by Gasteiger charge is 2.25. The fourth-order valence-corrected chi connectivity index (χ4v) is 3.90. The molecule has 28 heavy (non-hydrogen) atoms. The Hall–Kier alpha value is -2.91. The second kappa shape index (κ2) is 6.61. The minimum atomic E-state index is 0.215. The van der Waals surface area contributed by atoms with Gasteiger partial charge in [0, 0.05) is 31.5 Å². The summed E-state index contributed by atoms with van der Waals surface area (Å²) in [5.41, 5.74) is 3.34. The van der Waals surface area contributed by atoms with Gasteiger partial charge in [0.05, 0.1) is 24.9 Å². The van der Waals surface area contributed by atoms with Gasteiger partial charge in [-0.15, -0.1) is 5.10 Å². The number of hydrogen-bond acceptors (Lipinski definition) is 6. The highest BCUT2D eigenvalue weighted by Crippen LogP contribution is 2.35. The van der Waals surface area contributed by atoms with Crippen LogP contribution in [0.2, 0.25) is 5.15 Å². The Morgan fingerprint density at radius 3 is 2.89 bits per heavy atom. The Morgan fingerprint density at radius 2 is 2.18 bits per heavy atom. The van der Waals surface area contributed by atoms with Crippen LogP contribution in [-0.4, -0.2) is 60.4 Å². The summed E-state index contributed by atoms with van der Waals surface area (Å²) in [5, 5.41) is 16.6. The molecular weight excluding hydrogens is 380 g/mol. The Kier molecular flexibility index (Phi) is 4.06. The molecule has 9 nitrogen and oxygen atoms in total. The molecule has 0 radical (unpaired) electrons. The lowest BCUT2D eigenvalue weighted by molar-refractivity contribution is 0.0984. The summed E-state index contributed by atoms with van der Waals surface area (Å²) in [4.78, 5) is 6.80. The van der Waals surface area contributed by atoms with Crippen molar-refractivity contribution in [1.82, 2.24) is 34.6 Å². The van der Waals surface area contributed by atoms with Crippen LogP contribution in [-0.2, 0) is 11.8 Å². The van der Waals surface area contributed by atoms with Crippen molar-refractivity contribution >= 4 is 22.9 Å². The van der Waals surface area contributed by atoms with Crippen LogP contribution in [0.1, 0.15) is 6.92 Å². The predicted molar refractivity (Wildman–Crippen MR) is 105 cm³/mol. The Bertz CT molecular complexity index is 1130. The predicted octanol–water partition coefficient (Wildman–Crippen LogP) is 2.40. The second-order valence-electron chi connectivity index (χ2n) is 6.83. The molecule has 1 aliphatic heterocycles. The summed E-state index contributed by atoms with van der Waals surface area (Å²) >= 11 is 6.57. The fourth-order valence-electron chi connectivity index (χ4n) is 3.63. The third-order valence-electron chi connectivity index (χ3n) is 5.04. The molecule has 0 aromatic carbocycles.